The lowest BCUT2D eigenvalue weighted by molar-refractivity contribution is 0.906. The number of aryl methyl sites for hydroxylation is 3. The molecule has 21 heavy (non-hydrogen) atoms. The largest absolute Gasteiger partial charge is 0.145 e. The van der Waals surface area contributed by atoms with E-state index in [-0.39, 0.29) is 0 Å². The molecule has 1 heterocycles. The normalized spacial score (nSPS) is 10.9. The minimum atomic E-state index is 0.501. The molecular formula is C20H32S. The first-order chi connectivity index (χ1) is 10.0. The summed E-state index contributed by atoms with van der Waals surface area (Å²) in [5, 5.41) is 0. The summed E-state index contributed by atoms with van der Waals surface area (Å²) in [5.41, 5.74) is 5.74. The first-order valence-corrected chi connectivity index (χ1v) is 8.95. The van der Waals surface area contributed by atoms with Gasteiger partial charge in [-0.1, -0.05) is 64.4 Å². The van der Waals surface area contributed by atoms with E-state index >= 15 is 0 Å². The lowest BCUT2D eigenvalue weighted by Gasteiger charge is -2.14. The Bertz CT molecular complexity index is 518. The maximum atomic E-state index is 2.31. The van der Waals surface area contributed by atoms with E-state index in [9.17, 15) is 0 Å². The van der Waals surface area contributed by atoms with Crippen LogP contribution in [0.15, 0.2) is 24.3 Å². The van der Waals surface area contributed by atoms with Crippen LogP contribution in [0.4, 0.5) is 0 Å². The Labute approximate surface area is 136 Å². The van der Waals surface area contributed by atoms with Crippen molar-refractivity contribution in [3.05, 3.63) is 56.3 Å². The van der Waals surface area contributed by atoms with Crippen molar-refractivity contribution in [3.8, 4) is 0 Å². The highest BCUT2D eigenvalue weighted by Crippen LogP contribution is 2.35. The molecule has 0 saturated carbocycles. The number of rotatable bonds is 2. The zero-order valence-corrected chi connectivity index (χ0v) is 16.1. The molecule has 0 radical (unpaired) electrons. The molecule has 1 atom stereocenters. The Kier molecular flexibility index (Phi) is 9.28. The Hall–Kier alpha value is -1.08. The molecule has 0 amide bonds. The van der Waals surface area contributed by atoms with Gasteiger partial charge in [0.25, 0.3) is 0 Å². The third-order valence-electron chi connectivity index (χ3n) is 3.63. The zero-order valence-electron chi connectivity index (χ0n) is 15.3. The highest BCUT2D eigenvalue weighted by molar-refractivity contribution is 7.12. The standard InChI is InChI=1S/C16H20S.2C2H6/c1-10-6-8-15(9-7-10)12(3)16-11(2)13(4)17-14(16)5;2*1-2/h6-9,12H,1-5H3;2*1-2H3. The van der Waals surface area contributed by atoms with Crippen LogP contribution >= 0.6 is 11.3 Å². The first kappa shape index (κ1) is 19.9. The Morgan fingerprint density at radius 2 is 1.24 bits per heavy atom. The van der Waals surface area contributed by atoms with Gasteiger partial charge in [-0.05, 0) is 44.4 Å². The molecule has 0 nitrogen and oxygen atoms in total. The molecule has 1 unspecified atom stereocenters. The molecule has 1 aromatic carbocycles. The number of hydrogen-bond acceptors (Lipinski definition) is 1. The van der Waals surface area contributed by atoms with Crippen LogP contribution in [-0.2, 0) is 0 Å². The molecule has 0 aliphatic rings. The van der Waals surface area contributed by atoms with Gasteiger partial charge in [0.2, 0.25) is 0 Å². The molecule has 0 aliphatic carbocycles. The van der Waals surface area contributed by atoms with Crippen molar-refractivity contribution in [2.24, 2.45) is 0 Å². The van der Waals surface area contributed by atoms with Gasteiger partial charge in [-0.2, -0.15) is 0 Å². The number of hydrogen-bond donors (Lipinski definition) is 0. The predicted octanol–water partition coefficient (Wildman–Crippen LogP) is 7.19. The topological polar surface area (TPSA) is 0 Å². The summed E-state index contributed by atoms with van der Waals surface area (Å²) in [6.07, 6.45) is 0. The van der Waals surface area contributed by atoms with Crippen LogP contribution in [0.1, 0.15) is 72.5 Å². The average molecular weight is 305 g/mol. The smallest absolute Gasteiger partial charge is 0.00746 e. The molecule has 0 fully saturated rings. The van der Waals surface area contributed by atoms with Gasteiger partial charge in [0.15, 0.2) is 0 Å². The molecule has 0 bridgehead atoms. The molecule has 1 heteroatoms. The molecule has 1 aromatic heterocycles. The maximum Gasteiger partial charge on any atom is 0.00746 e. The Morgan fingerprint density at radius 1 is 0.762 bits per heavy atom. The van der Waals surface area contributed by atoms with E-state index in [1.165, 1.54) is 32.0 Å². The molecule has 0 spiro atoms. The Morgan fingerprint density at radius 3 is 1.62 bits per heavy atom. The second-order valence-corrected chi connectivity index (χ2v) is 6.31. The monoisotopic (exact) mass is 304 g/mol. The van der Waals surface area contributed by atoms with Crippen LogP contribution < -0.4 is 0 Å². The molecule has 0 aliphatic heterocycles. The van der Waals surface area contributed by atoms with Crippen molar-refractivity contribution < 1.29 is 0 Å². The second-order valence-electron chi connectivity index (χ2n) is 4.89. The first-order valence-electron chi connectivity index (χ1n) is 8.13. The maximum absolute atomic E-state index is 2.31. The van der Waals surface area contributed by atoms with Gasteiger partial charge >= 0.3 is 0 Å². The van der Waals surface area contributed by atoms with Gasteiger partial charge in [-0.3, -0.25) is 0 Å². The molecule has 0 saturated heterocycles. The lowest BCUT2D eigenvalue weighted by atomic mass is 9.90. The lowest BCUT2D eigenvalue weighted by Crippen LogP contribution is -1.98. The van der Waals surface area contributed by atoms with E-state index in [2.05, 4.69) is 58.9 Å². The van der Waals surface area contributed by atoms with Crippen LogP contribution in [0, 0.1) is 27.7 Å². The van der Waals surface area contributed by atoms with Crippen molar-refractivity contribution >= 4 is 11.3 Å². The summed E-state index contributed by atoms with van der Waals surface area (Å²) in [6, 6.07) is 8.92. The van der Waals surface area contributed by atoms with Crippen LogP contribution in [0.3, 0.4) is 0 Å². The van der Waals surface area contributed by atoms with E-state index < -0.39 is 0 Å². The van der Waals surface area contributed by atoms with Gasteiger partial charge in [-0.15, -0.1) is 11.3 Å². The van der Waals surface area contributed by atoms with Crippen LogP contribution in [0.25, 0.3) is 0 Å². The summed E-state index contributed by atoms with van der Waals surface area (Å²) in [7, 11) is 0. The molecular weight excluding hydrogens is 272 g/mol. The highest BCUT2D eigenvalue weighted by Gasteiger charge is 2.16. The quantitative estimate of drug-likeness (QED) is 0.551. The van der Waals surface area contributed by atoms with Gasteiger partial charge in [0.1, 0.15) is 0 Å². The van der Waals surface area contributed by atoms with Crippen LogP contribution in [-0.4, -0.2) is 0 Å². The van der Waals surface area contributed by atoms with E-state index in [0.29, 0.717) is 5.92 Å². The molecule has 2 rings (SSSR count). The highest BCUT2D eigenvalue weighted by atomic mass is 32.1. The number of thiophene rings is 1. The summed E-state index contributed by atoms with van der Waals surface area (Å²) in [4.78, 5) is 2.92. The van der Waals surface area contributed by atoms with E-state index in [4.69, 9.17) is 0 Å². The second kappa shape index (κ2) is 9.78. The minimum Gasteiger partial charge on any atom is -0.145 e. The zero-order chi connectivity index (χ0) is 16.6. The van der Waals surface area contributed by atoms with E-state index in [1.54, 1.807) is 0 Å². The van der Waals surface area contributed by atoms with E-state index in [0.717, 1.165) is 0 Å². The third-order valence-corrected chi connectivity index (χ3v) is 4.77. The average Bonchev–Trinajstić information content (AvgIpc) is 2.76. The van der Waals surface area contributed by atoms with Crippen molar-refractivity contribution in [1.29, 1.82) is 0 Å². The fraction of sp³-hybridized carbons (Fsp3) is 0.500. The summed E-state index contributed by atoms with van der Waals surface area (Å²) >= 11 is 1.92. The van der Waals surface area contributed by atoms with E-state index in [1.807, 2.05) is 39.0 Å². The van der Waals surface area contributed by atoms with Gasteiger partial charge in [0.05, 0.1) is 0 Å². The molecule has 2 aromatic rings. The number of benzene rings is 1. The molecule has 118 valence electrons. The molecule has 0 N–H and O–H groups in total. The fourth-order valence-corrected chi connectivity index (χ4v) is 3.63. The third kappa shape index (κ3) is 5.00. The Balaban J connectivity index is 0.000000921. The minimum absolute atomic E-state index is 0.501. The van der Waals surface area contributed by atoms with Crippen molar-refractivity contribution in [3.63, 3.8) is 0 Å². The van der Waals surface area contributed by atoms with Crippen LogP contribution in [0.2, 0.25) is 0 Å². The van der Waals surface area contributed by atoms with Crippen molar-refractivity contribution in [2.45, 2.75) is 68.2 Å². The summed E-state index contributed by atoms with van der Waals surface area (Å²) < 4.78 is 0. The fourth-order valence-electron chi connectivity index (χ4n) is 2.47. The van der Waals surface area contributed by atoms with Gasteiger partial charge in [-0.25, -0.2) is 0 Å². The summed E-state index contributed by atoms with van der Waals surface area (Å²) in [5.74, 6) is 0.501. The SMILES string of the molecule is CC.CC.Cc1ccc(C(C)c2c(C)sc(C)c2C)cc1. The van der Waals surface area contributed by atoms with Crippen molar-refractivity contribution in [2.75, 3.05) is 0 Å². The van der Waals surface area contributed by atoms with Gasteiger partial charge < -0.3 is 0 Å². The van der Waals surface area contributed by atoms with Gasteiger partial charge in [0, 0.05) is 15.7 Å². The predicted molar refractivity (Wildman–Crippen MR) is 99.9 cm³/mol. The van der Waals surface area contributed by atoms with Crippen molar-refractivity contribution in [1.82, 2.24) is 0 Å². The summed E-state index contributed by atoms with van der Waals surface area (Å²) in [6.45, 7) is 19.2. The van der Waals surface area contributed by atoms with Crippen LogP contribution in [0.5, 0.6) is 0 Å².